The normalized spacial score (nSPS) is 23.5. The molecule has 0 unspecified atom stereocenters. The molecule has 2 aromatic rings. The molecule has 1 amide bonds. The predicted molar refractivity (Wildman–Crippen MR) is 109 cm³/mol. The van der Waals surface area contributed by atoms with Gasteiger partial charge < -0.3 is 14.8 Å². The molecule has 3 heterocycles. The minimum atomic E-state index is -3.14. The number of H-pyrrole nitrogens is 1. The number of pyridine rings is 1. The second-order valence-corrected chi connectivity index (χ2v) is 10.2. The highest BCUT2D eigenvalue weighted by atomic mass is 32.2. The van der Waals surface area contributed by atoms with E-state index in [1.54, 1.807) is 18.1 Å². The number of fused-ring (bicyclic) bond motifs is 3. The van der Waals surface area contributed by atoms with Crippen LogP contribution >= 0.6 is 0 Å². The van der Waals surface area contributed by atoms with Crippen LogP contribution in [0.4, 0.5) is 5.69 Å². The fraction of sp³-hybridized carbons (Fsp3) is 0.579. The maximum absolute atomic E-state index is 12.7. The molecule has 28 heavy (non-hydrogen) atoms. The lowest BCUT2D eigenvalue weighted by Crippen LogP contribution is -2.50. The number of nitrogens with zero attached hydrogens (tertiary/aromatic N) is 4. The first-order chi connectivity index (χ1) is 13.3. The molecule has 0 radical (unpaired) electrons. The summed E-state index contributed by atoms with van der Waals surface area (Å²) in [5, 5.41) is 0.984. The minimum absolute atomic E-state index is 0.00492. The van der Waals surface area contributed by atoms with Crippen molar-refractivity contribution >= 4 is 32.7 Å². The molecule has 1 aliphatic heterocycles. The molecule has 4 rings (SSSR count). The van der Waals surface area contributed by atoms with Crippen LogP contribution in [-0.4, -0.2) is 73.1 Å². The van der Waals surface area contributed by atoms with Crippen molar-refractivity contribution < 1.29 is 13.2 Å². The van der Waals surface area contributed by atoms with E-state index in [2.05, 4.69) is 14.9 Å². The number of anilines is 1. The van der Waals surface area contributed by atoms with Crippen molar-refractivity contribution in [3.05, 3.63) is 24.0 Å². The molecule has 2 aliphatic rings. The molecule has 1 fully saturated rings. The van der Waals surface area contributed by atoms with Gasteiger partial charge in [0.2, 0.25) is 10.0 Å². The number of carbonyl (C=O) groups is 1. The van der Waals surface area contributed by atoms with Gasteiger partial charge in [-0.2, -0.15) is 0 Å². The van der Waals surface area contributed by atoms with Crippen molar-refractivity contribution in [2.45, 2.75) is 31.7 Å². The van der Waals surface area contributed by atoms with Gasteiger partial charge in [-0.1, -0.05) is 0 Å². The van der Waals surface area contributed by atoms with E-state index in [9.17, 15) is 13.2 Å². The molecule has 8 nitrogen and oxygen atoms in total. The Morgan fingerprint density at radius 2 is 2.00 bits per heavy atom. The highest BCUT2D eigenvalue weighted by Gasteiger charge is 2.35. The molecular formula is C19H27N5O3S. The topological polar surface area (TPSA) is 89.6 Å². The number of amides is 1. The number of hydrogen-bond acceptors (Lipinski definition) is 5. The van der Waals surface area contributed by atoms with Crippen molar-refractivity contribution in [3.8, 4) is 0 Å². The SMILES string of the molecule is CN1CN(C2CCC(CN(C)S(C)(=O)=O)CC2)c2c(cnc3[nH]ccc23)C1=O. The summed E-state index contributed by atoms with van der Waals surface area (Å²) < 4.78 is 24.8. The van der Waals surface area contributed by atoms with Gasteiger partial charge in [0.05, 0.1) is 24.2 Å². The van der Waals surface area contributed by atoms with Crippen LogP contribution in [0.2, 0.25) is 0 Å². The Morgan fingerprint density at radius 1 is 1.29 bits per heavy atom. The molecule has 1 aliphatic carbocycles. The molecule has 0 bridgehead atoms. The molecule has 152 valence electrons. The van der Waals surface area contributed by atoms with Crippen LogP contribution in [0.1, 0.15) is 36.0 Å². The zero-order chi connectivity index (χ0) is 20.1. The first-order valence-electron chi connectivity index (χ1n) is 9.65. The van der Waals surface area contributed by atoms with E-state index < -0.39 is 10.0 Å². The Bertz CT molecular complexity index is 994. The van der Waals surface area contributed by atoms with Crippen molar-refractivity contribution in [1.29, 1.82) is 0 Å². The van der Waals surface area contributed by atoms with E-state index in [1.165, 1.54) is 10.6 Å². The predicted octanol–water partition coefficient (Wildman–Crippen LogP) is 1.86. The smallest absolute Gasteiger partial charge is 0.258 e. The number of aromatic amines is 1. The van der Waals surface area contributed by atoms with Gasteiger partial charge in [-0.3, -0.25) is 4.79 Å². The fourth-order valence-corrected chi connectivity index (χ4v) is 4.95. The number of nitrogens with one attached hydrogen (secondary N) is 1. The second-order valence-electron chi connectivity index (χ2n) is 8.09. The number of rotatable bonds is 4. The average Bonchev–Trinajstić information content (AvgIpc) is 3.13. The molecule has 0 spiro atoms. The van der Waals surface area contributed by atoms with Crippen molar-refractivity contribution in [1.82, 2.24) is 19.2 Å². The molecule has 0 atom stereocenters. The Labute approximate surface area is 165 Å². The van der Waals surface area contributed by atoms with Crippen LogP contribution in [-0.2, 0) is 10.0 Å². The highest BCUT2D eigenvalue weighted by molar-refractivity contribution is 7.88. The maximum Gasteiger partial charge on any atom is 0.258 e. The summed E-state index contributed by atoms with van der Waals surface area (Å²) >= 11 is 0. The van der Waals surface area contributed by atoms with Crippen LogP contribution in [0.15, 0.2) is 18.5 Å². The summed E-state index contributed by atoms with van der Waals surface area (Å²) in [7, 11) is 0.338. The number of carbonyl (C=O) groups excluding carboxylic acids is 1. The van der Waals surface area contributed by atoms with Gasteiger partial charge in [-0.15, -0.1) is 0 Å². The van der Waals surface area contributed by atoms with Gasteiger partial charge in [0.15, 0.2) is 0 Å². The monoisotopic (exact) mass is 405 g/mol. The molecule has 1 saturated carbocycles. The third kappa shape index (κ3) is 3.37. The molecule has 0 saturated heterocycles. The van der Waals surface area contributed by atoms with E-state index in [-0.39, 0.29) is 5.91 Å². The lowest BCUT2D eigenvalue weighted by atomic mass is 9.84. The van der Waals surface area contributed by atoms with E-state index in [0.717, 1.165) is 42.4 Å². The summed E-state index contributed by atoms with van der Waals surface area (Å²) in [6.45, 7) is 1.14. The minimum Gasteiger partial charge on any atom is -0.349 e. The maximum atomic E-state index is 12.7. The molecule has 0 aromatic carbocycles. The quantitative estimate of drug-likeness (QED) is 0.839. The van der Waals surface area contributed by atoms with E-state index in [1.807, 2.05) is 19.3 Å². The Hall–Kier alpha value is -2.13. The Balaban J connectivity index is 1.56. The van der Waals surface area contributed by atoms with Crippen LogP contribution in [0.5, 0.6) is 0 Å². The molecule has 9 heteroatoms. The summed E-state index contributed by atoms with van der Waals surface area (Å²) in [5.74, 6) is 0.384. The summed E-state index contributed by atoms with van der Waals surface area (Å²) in [6, 6.07) is 2.31. The molecule has 2 aromatic heterocycles. The second kappa shape index (κ2) is 7.04. The molecule has 1 N–H and O–H groups in total. The summed E-state index contributed by atoms with van der Waals surface area (Å²) in [6.07, 6.45) is 8.72. The van der Waals surface area contributed by atoms with Gasteiger partial charge in [-0.25, -0.2) is 17.7 Å². The molecular weight excluding hydrogens is 378 g/mol. The first kappa shape index (κ1) is 19.2. The van der Waals surface area contributed by atoms with Crippen LogP contribution in [0.3, 0.4) is 0 Å². The van der Waals surface area contributed by atoms with Crippen LogP contribution in [0.25, 0.3) is 11.0 Å². The Kier molecular flexibility index (Phi) is 4.83. The number of aromatic nitrogens is 2. The summed E-state index contributed by atoms with van der Waals surface area (Å²) in [4.78, 5) is 24.3. The zero-order valence-electron chi connectivity index (χ0n) is 16.6. The fourth-order valence-electron chi connectivity index (χ4n) is 4.47. The van der Waals surface area contributed by atoms with E-state index >= 15 is 0 Å². The van der Waals surface area contributed by atoms with Gasteiger partial charge in [0.25, 0.3) is 5.91 Å². The standard InChI is InChI=1S/C19H27N5O3S/c1-22-12-24(14-6-4-13(5-7-14)11-23(2)28(3,26)27)17-15-8-9-20-18(15)21-10-16(17)19(22)25/h8-10,13-14H,4-7,11-12H2,1-3H3,(H,20,21). The van der Waals surface area contributed by atoms with Crippen molar-refractivity contribution in [3.63, 3.8) is 0 Å². The van der Waals surface area contributed by atoms with E-state index in [4.69, 9.17) is 0 Å². The largest absolute Gasteiger partial charge is 0.349 e. The lowest BCUT2D eigenvalue weighted by molar-refractivity contribution is 0.0774. The average molecular weight is 406 g/mol. The third-order valence-corrected chi connectivity index (χ3v) is 7.41. The first-order valence-corrected chi connectivity index (χ1v) is 11.5. The third-order valence-electron chi connectivity index (χ3n) is 6.13. The van der Waals surface area contributed by atoms with Gasteiger partial charge in [-0.05, 0) is 37.7 Å². The van der Waals surface area contributed by atoms with Crippen molar-refractivity contribution in [2.24, 2.45) is 5.92 Å². The lowest BCUT2D eigenvalue weighted by Gasteiger charge is -2.44. The highest BCUT2D eigenvalue weighted by Crippen LogP contribution is 2.38. The van der Waals surface area contributed by atoms with Gasteiger partial charge >= 0.3 is 0 Å². The van der Waals surface area contributed by atoms with Crippen LogP contribution in [0, 0.1) is 5.92 Å². The van der Waals surface area contributed by atoms with Crippen molar-refractivity contribution in [2.75, 3.05) is 38.5 Å². The van der Waals surface area contributed by atoms with E-state index in [0.29, 0.717) is 30.7 Å². The number of sulfonamides is 1. The summed E-state index contributed by atoms with van der Waals surface area (Å²) in [5.41, 5.74) is 2.43. The number of hydrogen-bond donors (Lipinski definition) is 1. The van der Waals surface area contributed by atoms with Gasteiger partial charge in [0, 0.05) is 44.5 Å². The van der Waals surface area contributed by atoms with Gasteiger partial charge in [0.1, 0.15) is 5.65 Å². The van der Waals surface area contributed by atoms with Crippen LogP contribution < -0.4 is 4.90 Å². The zero-order valence-corrected chi connectivity index (χ0v) is 17.4. The Morgan fingerprint density at radius 3 is 2.68 bits per heavy atom.